The fraction of sp³-hybridized carbons (Fsp3) is 0.0833. The van der Waals surface area contributed by atoms with Crippen molar-refractivity contribution >= 4 is 34.2 Å². The van der Waals surface area contributed by atoms with Crippen molar-refractivity contribution in [1.29, 1.82) is 0 Å². The second-order valence-electron chi connectivity index (χ2n) is 7.70. The maximum atomic E-state index is 14.1. The highest BCUT2D eigenvalue weighted by Crippen LogP contribution is 2.42. The first-order chi connectivity index (χ1) is 16.3. The minimum atomic E-state index is -2.05. The van der Waals surface area contributed by atoms with E-state index < -0.39 is 28.4 Å². The molecule has 1 heterocycles. The van der Waals surface area contributed by atoms with Gasteiger partial charge in [0.15, 0.2) is 11.0 Å². The molecule has 34 heavy (non-hydrogen) atoms. The van der Waals surface area contributed by atoms with E-state index in [1.807, 2.05) is 0 Å². The third-order valence-corrected chi connectivity index (χ3v) is 6.94. The van der Waals surface area contributed by atoms with Crippen LogP contribution in [-0.4, -0.2) is 14.2 Å². The molecule has 0 bridgehead atoms. The molecule has 1 atom stereocenters. The number of anilines is 2. The van der Waals surface area contributed by atoms with E-state index in [1.165, 1.54) is 12.1 Å². The molecule has 0 radical (unpaired) electrons. The van der Waals surface area contributed by atoms with Gasteiger partial charge in [-0.15, -0.1) is 0 Å². The molecule has 1 unspecified atom stereocenters. The third kappa shape index (κ3) is 4.12. The minimum Gasteiger partial charge on any atom is -0.368 e. The molecule has 0 spiro atoms. The van der Waals surface area contributed by atoms with Crippen LogP contribution in [0.3, 0.4) is 0 Å². The molecule has 10 heteroatoms. The average molecular weight is 501 g/mol. The van der Waals surface area contributed by atoms with Gasteiger partial charge in [0.1, 0.15) is 17.5 Å². The molecule has 4 aromatic rings. The van der Waals surface area contributed by atoms with Crippen LogP contribution in [0.25, 0.3) is 22.4 Å². The van der Waals surface area contributed by atoms with E-state index in [-0.39, 0.29) is 21.6 Å². The first kappa shape index (κ1) is 22.4. The molecule has 1 aromatic heterocycles. The highest BCUT2D eigenvalue weighted by atomic mass is 35.5. The molecule has 0 amide bonds. The van der Waals surface area contributed by atoms with Crippen molar-refractivity contribution in [3.05, 3.63) is 88.3 Å². The lowest BCUT2D eigenvalue weighted by molar-refractivity contribution is 0.562. The highest BCUT2D eigenvalue weighted by Gasteiger charge is 2.25. The van der Waals surface area contributed by atoms with Crippen molar-refractivity contribution in [3.63, 3.8) is 0 Å². The Morgan fingerprint density at radius 2 is 1.76 bits per heavy atom. The van der Waals surface area contributed by atoms with Crippen LogP contribution in [0.15, 0.2) is 59.5 Å². The molecule has 1 aliphatic rings. The van der Waals surface area contributed by atoms with E-state index in [0.717, 1.165) is 17.7 Å². The Morgan fingerprint density at radius 1 is 0.971 bits per heavy atom. The van der Waals surface area contributed by atoms with Gasteiger partial charge in [-0.05, 0) is 60.4 Å². The molecular weight excluding hydrogens is 485 g/mol. The number of nitrogens with two attached hydrogens (primary N) is 1. The van der Waals surface area contributed by atoms with E-state index in [2.05, 4.69) is 14.7 Å². The Hall–Kier alpha value is -3.43. The number of rotatable bonds is 4. The predicted octanol–water partition coefficient (Wildman–Crippen LogP) is 5.70. The Bertz CT molecular complexity index is 1480. The number of benzene rings is 3. The Labute approximate surface area is 200 Å². The van der Waals surface area contributed by atoms with Crippen LogP contribution in [0.1, 0.15) is 11.3 Å². The lowest BCUT2D eigenvalue weighted by Crippen LogP contribution is -2.13. The van der Waals surface area contributed by atoms with Crippen LogP contribution in [0.5, 0.6) is 0 Å². The number of nitrogen functional groups attached to an aromatic ring is 1. The molecule has 0 fully saturated rings. The quantitative estimate of drug-likeness (QED) is 0.377. The summed E-state index contributed by atoms with van der Waals surface area (Å²) in [6, 6.07) is 12.2. The third-order valence-electron chi connectivity index (χ3n) is 5.49. The summed E-state index contributed by atoms with van der Waals surface area (Å²) >= 11 is 6.44. The van der Waals surface area contributed by atoms with Gasteiger partial charge in [-0.2, -0.15) is 0 Å². The van der Waals surface area contributed by atoms with E-state index in [9.17, 15) is 17.4 Å². The van der Waals surface area contributed by atoms with Gasteiger partial charge in [0, 0.05) is 17.2 Å². The molecular formula is C24H16ClF3N4OS. The SMILES string of the molecule is Nc1nc2c(c(-c3cccc(F)c3)n1)-c1cc(NS(=O)c3ccc(F)cc3F)c(Cl)cc1CC2. The van der Waals surface area contributed by atoms with Gasteiger partial charge in [0.25, 0.3) is 0 Å². The molecule has 5 rings (SSSR count). The van der Waals surface area contributed by atoms with Crippen LogP contribution in [-0.2, 0) is 23.8 Å². The average Bonchev–Trinajstić information content (AvgIpc) is 2.78. The Morgan fingerprint density at radius 3 is 2.53 bits per heavy atom. The van der Waals surface area contributed by atoms with Gasteiger partial charge in [0.2, 0.25) is 5.95 Å². The zero-order valence-electron chi connectivity index (χ0n) is 17.4. The van der Waals surface area contributed by atoms with Crippen molar-refractivity contribution in [2.45, 2.75) is 17.7 Å². The van der Waals surface area contributed by atoms with E-state index in [0.29, 0.717) is 47.0 Å². The van der Waals surface area contributed by atoms with E-state index in [1.54, 1.807) is 24.3 Å². The summed E-state index contributed by atoms with van der Waals surface area (Å²) in [6.45, 7) is 0. The number of nitrogens with one attached hydrogen (secondary N) is 1. The normalized spacial score (nSPS) is 13.2. The largest absolute Gasteiger partial charge is 0.368 e. The maximum Gasteiger partial charge on any atom is 0.220 e. The van der Waals surface area contributed by atoms with Crippen LogP contribution in [0.4, 0.5) is 24.8 Å². The van der Waals surface area contributed by atoms with Gasteiger partial charge in [-0.25, -0.2) is 27.3 Å². The van der Waals surface area contributed by atoms with Crippen molar-refractivity contribution < 1.29 is 17.4 Å². The summed E-state index contributed by atoms with van der Waals surface area (Å²) in [5.74, 6) is -2.07. The molecule has 0 saturated heterocycles. The van der Waals surface area contributed by atoms with Crippen LogP contribution < -0.4 is 10.5 Å². The Kier molecular flexibility index (Phi) is 5.75. The zero-order chi connectivity index (χ0) is 24.0. The van der Waals surface area contributed by atoms with Crippen molar-refractivity contribution in [2.24, 2.45) is 0 Å². The fourth-order valence-corrected chi connectivity index (χ4v) is 5.20. The molecule has 0 saturated carbocycles. The number of hydrogen-bond donors (Lipinski definition) is 2. The second kappa shape index (κ2) is 8.73. The molecule has 5 nitrogen and oxygen atoms in total. The zero-order valence-corrected chi connectivity index (χ0v) is 19.0. The summed E-state index contributed by atoms with van der Waals surface area (Å²) in [6.07, 6.45) is 1.20. The van der Waals surface area contributed by atoms with E-state index in [4.69, 9.17) is 17.3 Å². The molecule has 3 aromatic carbocycles. The maximum absolute atomic E-state index is 14.1. The Balaban J connectivity index is 1.62. The number of nitrogens with zero attached hydrogens (tertiary/aromatic N) is 2. The van der Waals surface area contributed by atoms with Gasteiger partial charge in [-0.3, -0.25) is 4.72 Å². The van der Waals surface area contributed by atoms with Crippen molar-refractivity contribution in [2.75, 3.05) is 10.5 Å². The van der Waals surface area contributed by atoms with Crippen molar-refractivity contribution in [3.8, 4) is 22.4 Å². The molecule has 0 aliphatic heterocycles. The first-order valence-electron chi connectivity index (χ1n) is 10.2. The molecule has 172 valence electrons. The highest BCUT2D eigenvalue weighted by molar-refractivity contribution is 7.86. The molecule has 3 N–H and O–H groups in total. The number of aromatic nitrogens is 2. The van der Waals surface area contributed by atoms with Crippen LogP contribution in [0.2, 0.25) is 5.02 Å². The summed E-state index contributed by atoms with van der Waals surface area (Å²) in [5.41, 5.74) is 10.2. The smallest absolute Gasteiger partial charge is 0.220 e. The van der Waals surface area contributed by atoms with Crippen molar-refractivity contribution in [1.82, 2.24) is 9.97 Å². The topological polar surface area (TPSA) is 80.9 Å². The lowest BCUT2D eigenvalue weighted by atomic mass is 9.85. The summed E-state index contributed by atoms with van der Waals surface area (Å²) in [7, 11) is -2.05. The van der Waals surface area contributed by atoms with E-state index >= 15 is 0 Å². The summed E-state index contributed by atoms with van der Waals surface area (Å²) in [4.78, 5) is 8.54. The van der Waals surface area contributed by atoms with Gasteiger partial charge < -0.3 is 5.73 Å². The number of halogens is 4. The fourth-order valence-electron chi connectivity index (χ4n) is 4.00. The minimum absolute atomic E-state index is 0.0710. The monoisotopic (exact) mass is 500 g/mol. The van der Waals surface area contributed by atoms with Gasteiger partial charge >= 0.3 is 0 Å². The first-order valence-corrected chi connectivity index (χ1v) is 11.7. The summed E-state index contributed by atoms with van der Waals surface area (Å²) < 4.78 is 56.8. The number of fused-ring (bicyclic) bond motifs is 3. The summed E-state index contributed by atoms with van der Waals surface area (Å²) in [5, 5.41) is 0.279. The van der Waals surface area contributed by atoms with Gasteiger partial charge in [-0.1, -0.05) is 23.7 Å². The standard InChI is InChI=1S/C24H16ClF3N4OS/c25-17-9-12-4-6-19-22(23(31-24(29)30-19)13-2-1-3-14(26)8-13)16(12)11-20(17)32-34(33)21-7-5-15(27)10-18(21)28/h1-3,5,7-11,32H,4,6H2,(H2,29,30,31). The number of aryl methyl sites for hydroxylation is 2. The number of hydrogen-bond acceptors (Lipinski definition) is 4. The second-order valence-corrected chi connectivity index (χ2v) is 9.29. The van der Waals surface area contributed by atoms with Crippen LogP contribution >= 0.6 is 11.6 Å². The lowest BCUT2D eigenvalue weighted by Gasteiger charge is -2.23. The predicted molar refractivity (Wildman–Crippen MR) is 126 cm³/mol. The van der Waals surface area contributed by atoms with Gasteiger partial charge in [0.05, 0.1) is 27.0 Å². The molecule has 1 aliphatic carbocycles. The van der Waals surface area contributed by atoms with Crippen LogP contribution in [0, 0.1) is 17.5 Å².